The molecule has 1 atom stereocenters. The molecule has 3 rings (SSSR count). The molecule has 1 aromatic carbocycles. The first-order valence-electron chi connectivity index (χ1n) is 8.98. The van der Waals surface area contributed by atoms with Gasteiger partial charge in [-0.2, -0.15) is 0 Å². The van der Waals surface area contributed by atoms with Crippen LogP contribution in [0.4, 0.5) is 0 Å². The van der Waals surface area contributed by atoms with Crippen LogP contribution in [0.15, 0.2) is 33.7 Å². The number of rotatable bonds is 3. The minimum Gasteiger partial charge on any atom is -0.381 e. The molecule has 132 valence electrons. The van der Waals surface area contributed by atoms with Crippen molar-refractivity contribution >= 4 is 21.9 Å². The zero-order valence-electron chi connectivity index (χ0n) is 14.5. The number of benzene rings is 1. The van der Waals surface area contributed by atoms with E-state index in [-0.39, 0.29) is 5.41 Å². The van der Waals surface area contributed by atoms with Crippen LogP contribution >= 0.6 is 15.9 Å². The molecule has 1 aromatic rings. The Morgan fingerprint density at radius 1 is 1.33 bits per heavy atom. The van der Waals surface area contributed by atoms with Gasteiger partial charge in [0.1, 0.15) is 0 Å². The molecule has 2 heterocycles. The van der Waals surface area contributed by atoms with Crippen molar-refractivity contribution in [1.82, 2.24) is 4.90 Å². The van der Waals surface area contributed by atoms with Gasteiger partial charge in [0.05, 0.1) is 6.54 Å². The largest absolute Gasteiger partial charge is 0.381 e. The number of nitrogens with two attached hydrogens (primary N) is 1. The number of guanidine groups is 1. The van der Waals surface area contributed by atoms with Crippen LogP contribution in [0, 0.1) is 5.92 Å². The molecule has 24 heavy (non-hydrogen) atoms. The number of aliphatic imine (C=N–C) groups is 1. The fourth-order valence-corrected chi connectivity index (χ4v) is 4.10. The molecular formula is C19H28BrN3O. The zero-order valence-corrected chi connectivity index (χ0v) is 16.1. The molecule has 2 N–H and O–H groups in total. The van der Waals surface area contributed by atoms with Crippen molar-refractivity contribution in [2.24, 2.45) is 16.6 Å². The van der Waals surface area contributed by atoms with Crippen LogP contribution < -0.4 is 5.73 Å². The van der Waals surface area contributed by atoms with Crippen molar-refractivity contribution in [3.63, 3.8) is 0 Å². The average Bonchev–Trinajstić information content (AvgIpc) is 2.61. The molecular weight excluding hydrogens is 366 g/mol. The Labute approximate surface area is 153 Å². The third kappa shape index (κ3) is 4.12. The first kappa shape index (κ1) is 17.7. The summed E-state index contributed by atoms with van der Waals surface area (Å²) in [7, 11) is 0. The molecule has 0 radical (unpaired) electrons. The van der Waals surface area contributed by atoms with Crippen LogP contribution in [-0.4, -0.2) is 43.7 Å². The molecule has 1 unspecified atom stereocenters. The molecule has 0 spiro atoms. The highest BCUT2D eigenvalue weighted by Gasteiger charge is 2.34. The Hall–Kier alpha value is -1.07. The standard InChI is InChI=1S/C19H28BrN3O/c1-15-3-2-10-23(13-15)18(21)22-14-19(8-11-24-12-9-19)16-4-6-17(20)7-5-16/h4-7,15H,2-3,8-14H2,1H3,(H2,21,22). The number of likely N-dealkylation sites (tertiary alicyclic amines) is 1. The van der Waals surface area contributed by atoms with Gasteiger partial charge in [-0.25, -0.2) is 0 Å². The van der Waals surface area contributed by atoms with Crippen LogP contribution in [0.5, 0.6) is 0 Å². The Balaban J connectivity index is 1.77. The molecule has 0 aromatic heterocycles. The number of nitrogens with zero attached hydrogens (tertiary/aromatic N) is 2. The van der Waals surface area contributed by atoms with Crippen LogP contribution in [0.3, 0.4) is 0 Å². The van der Waals surface area contributed by atoms with Crippen molar-refractivity contribution in [3.8, 4) is 0 Å². The summed E-state index contributed by atoms with van der Waals surface area (Å²) in [5.41, 5.74) is 7.72. The van der Waals surface area contributed by atoms with E-state index in [4.69, 9.17) is 15.5 Å². The van der Waals surface area contributed by atoms with Gasteiger partial charge in [0.25, 0.3) is 0 Å². The van der Waals surface area contributed by atoms with Gasteiger partial charge in [-0.1, -0.05) is 35.0 Å². The number of piperidine rings is 1. The Bertz CT molecular complexity index is 566. The van der Waals surface area contributed by atoms with Crippen LogP contribution in [-0.2, 0) is 10.2 Å². The maximum absolute atomic E-state index is 6.33. The van der Waals surface area contributed by atoms with Crippen molar-refractivity contribution in [2.75, 3.05) is 32.8 Å². The van der Waals surface area contributed by atoms with E-state index < -0.39 is 0 Å². The normalized spacial score (nSPS) is 24.8. The molecule has 5 heteroatoms. The van der Waals surface area contributed by atoms with Gasteiger partial charge in [0.15, 0.2) is 5.96 Å². The monoisotopic (exact) mass is 393 g/mol. The van der Waals surface area contributed by atoms with E-state index in [1.807, 2.05) is 0 Å². The van der Waals surface area contributed by atoms with E-state index in [0.717, 1.165) is 50.2 Å². The molecule has 4 nitrogen and oxygen atoms in total. The van der Waals surface area contributed by atoms with E-state index in [1.54, 1.807) is 0 Å². The van der Waals surface area contributed by atoms with Crippen molar-refractivity contribution in [1.29, 1.82) is 0 Å². The third-order valence-electron chi connectivity index (χ3n) is 5.43. The highest BCUT2D eigenvalue weighted by Crippen LogP contribution is 2.36. The Morgan fingerprint density at radius 3 is 2.71 bits per heavy atom. The van der Waals surface area contributed by atoms with Gasteiger partial charge in [-0.05, 0) is 49.3 Å². The summed E-state index contributed by atoms with van der Waals surface area (Å²) in [4.78, 5) is 7.08. The Kier molecular flexibility index (Phi) is 5.82. The molecule has 2 aliphatic heterocycles. The number of ether oxygens (including phenoxy) is 1. The number of halogens is 1. The quantitative estimate of drug-likeness (QED) is 0.630. The molecule has 2 aliphatic rings. The summed E-state index contributed by atoms with van der Waals surface area (Å²) in [5, 5.41) is 0. The maximum atomic E-state index is 6.33. The molecule has 0 aliphatic carbocycles. The van der Waals surface area contributed by atoms with Gasteiger partial charge < -0.3 is 15.4 Å². The van der Waals surface area contributed by atoms with E-state index in [2.05, 4.69) is 52.0 Å². The molecule has 0 bridgehead atoms. The molecule has 2 saturated heterocycles. The number of hydrogen-bond donors (Lipinski definition) is 1. The summed E-state index contributed by atoms with van der Waals surface area (Å²) in [6.07, 6.45) is 4.51. The smallest absolute Gasteiger partial charge is 0.191 e. The van der Waals surface area contributed by atoms with Gasteiger partial charge in [-0.3, -0.25) is 4.99 Å². The first-order valence-corrected chi connectivity index (χ1v) is 9.77. The molecule has 2 fully saturated rings. The topological polar surface area (TPSA) is 50.8 Å². The number of hydrogen-bond acceptors (Lipinski definition) is 2. The summed E-state index contributed by atoms with van der Waals surface area (Å²) in [6, 6.07) is 8.66. The van der Waals surface area contributed by atoms with E-state index in [0.29, 0.717) is 11.9 Å². The zero-order chi connectivity index (χ0) is 17.0. The van der Waals surface area contributed by atoms with Gasteiger partial charge in [0.2, 0.25) is 0 Å². The third-order valence-corrected chi connectivity index (χ3v) is 5.96. The van der Waals surface area contributed by atoms with Crippen LogP contribution in [0.1, 0.15) is 38.2 Å². The van der Waals surface area contributed by atoms with E-state index >= 15 is 0 Å². The minimum absolute atomic E-state index is 0.0466. The minimum atomic E-state index is 0.0466. The SMILES string of the molecule is CC1CCCN(C(N)=NCC2(c3ccc(Br)cc3)CCOCC2)C1. The highest BCUT2D eigenvalue weighted by molar-refractivity contribution is 9.10. The predicted octanol–water partition coefficient (Wildman–Crippen LogP) is 3.54. The van der Waals surface area contributed by atoms with Crippen LogP contribution in [0.25, 0.3) is 0 Å². The summed E-state index contributed by atoms with van der Waals surface area (Å²) < 4.78 is 6.72. The predicted molar refractivity (Wildman–Crippen MR) is 102 cm³/mol. The second kappa shape index (κ2) is 7.87. The highest BCUT2D eigenvalue weighted by atomic mass is 79.9. The fraction of sp³-hybridized carbons (Fsp3) is 0.632. The van der Waals surface area contributed by atoms with E-state index in [9.17, 15) is 0 Å². The second-order valence-corrected chi connectivity index (χ2v) is 8.18. The summed E-state index contributed by atoms with van der Waals surface area (Å²) in [6.45, 7) is 6.70. The summed E-state index contributed by atoms with van der Waals surface area (Å²) >= 11 is 3.53. The fourth-order valence-electron chi connectivity index (χ4n) is 3.83. The first-order chi connectivity index (χ1) is 11.6. The lowest BCUT2D eigenvalue weighted by molar-refractivity contribution is 0.0530. The van der Waals surface area contributed by atoms with Gasteiger partial charge >= 0.3 is 0 Å². The van der Waals surface area contributed by atoms with E-state index in [1.165, 1.54) is 18.4 Å². The second-order valence-electron chi connectivity index (χ2n) is 7.27. The molecule has 0 saturated carbocycles. The maximum Gasteiger partial charge on any atom is 0.191 e. The summed E-state index contributed by atoms with van der Waals surface area (Å²) in [5.74, 6) is 1.42. The lowest BCUT2D eigenvalue weighted by Crippen LogP contribution is -2.45. The van der Waals surface area contributed by atoms with Gasteiger partial charge in [-0.15, -0.1) is 0 Å². The van der Waals surface area contributed by atoms with Gasteiger partial charge in [0, 0.05) is 36.2 Å². The van der Waals surface area contributed by atoms with Crippen LogP contribution in [0.2, 0.25) is 0 Å². The lowest BCUT2D eigenvalue weighted by atomic mass is 9.74. The van der Waals surface area contributed by atoms with Crippen molar-refractivity contribution in [2.45, 2.75) is 38.0 Å². The molecule has 0 amide bonds. The average molecular weight is 394 g/mol. The van der Waals surface area contributed by atoms with Crippen molar-refractivity contribution in [3.05, 3.63) is 34.3 Å². The lowest BCUT2D eigenvalue weighted by Gasteiger charge is -2.37. The Morgan fingerprint density at radius 2 is 2.04 bits per heavy atom. The van der Waals surface area contributed by atoms with Crippen molar-refractivity contribution < 1.29 is 4.74 Å².